The first-order valence-electron chi connectivity index (χ1n) is 8.11. The number of nitro groups is 1. The molecule has 0 atom stereocenters. The number of hydrogen-bond donors (Lipinski definition) is 1. The number of non-ortho nitro benzene ring substituents is 1. The highest BCUT2D eigenvalue weighted by Crippen LogP contribution is 2.16. The van der Waals surface area contributed by atoms with E-state index in [2.05, 4.69) is 10.5 Å². The van der Waals surface area contributed by atoms with Crippen LogP contribution in [0.3, 0.4) is 0 Å². The number of nitrogens with one attached hydrogen (secondary N) is 1. The summed E-state index contributed by atoms with van der Waals surface area (Å²) >= 11 is 0. The van der Waals surface area contributed by atoms with Gasteiger partial charge < -0.3 is 4.74 Å². The van der Waals surface area contributed by atoms with Crippen LogP contribution in [0.4, 0.5) is 15.8 Å². The summed E-state index contributed by atoms with van der Waals surface area (Å²) in [6, 6.07) is 19.5. The highest BCUT2D eigenvalue weighted by atomic mass is 19.1. The van der Waals surface area contributed by atoms with Crippen LogP contribution in [-0.4, -0.2) is 11.1 Å². The Morgan fingerprint density at radius 2 is 1.67 bits per heavy atom. The SMILES string of the molecule is O=[N+]([O-])c1ccc(N/N=C\c2ccc(OCc3ccc(F)cc3)cc2)cc1. The number of nitrogens with zero attached hydrogens (tertiary/aromatic N) is 2. The first kappa shape index (κ1) is 18.1. The van der Waals surface area contributed by atoms with Gasteiger partial charge in [-0.05, 0) is 59.7 Å². The van der Waals surface area contributed by atoms with Gasteiger partial charge in [-0.3, -0.25) is 15.5 Å². The lowest BCUT2D eigenvalue weighted by atomic mass is 10.2. The van der Waals surface area contributed by atoms with Crippen LogP contribution in [0.25, 0.3) is 0 Å². The topological polar surface area (TPSA) is 76.8 Å². The third kappa shape index (κ3) is 5.37. The maximum absolute atomic E-state index is 12.9. The van der Waals surface area contributed by atoms with Crippen LogP contribution < -0.4 is 10.2 Å². The molecule has 0 saturated carbocycles. The fourth-order valence-electron chi connectivity index (χ4n) is 2.24. The van der Waals surface area contributed by atoms with Crippen molar-refractivity contribution < 1.29 is 14.1 Å². The summed E-state index contributed by atoms with van der Waals surface area (Å²) in [6.07, 6.45) is 1.63. The highest BCUT2D eigenvalue weighted by Gasteiger charge is 2.03. The largest absolute Gasteiger partial charge is 0.489 e. The third-order valence-corrected chi connectivity index (χ3v) is 3.68. The maximum Gasteiger partial charge on any atom is 0.269 e. The Labute approximate surface area is 155 Å². The second-order valence-corrected chi connectivity index (χ2v) is 5.66. The van der Waals surface area contributed by atoms with E-state index < -0.39 is 4.92 Å². The Morgan fingerprint density at radius 1 is 1.00 bits per heavy atom. The van der Waals surface area contributed by atoms with E-state index in [0.717, 1.165) is 11.1 Å². The first-order chi connectivity index (χ1) is 13.1. The van der Waals surface area contributed by atoms with Crippen LogP contribution >= 0.6 is 0 Å². The molecule has 7 heteroatoms. The van der Waals surface area contributed by atoms with Gasteiger partial charge in [-0.15, -0.1) is 0 Å². The van der Waals surface area contributed by atoms with Crippen LogP contribution in [0.2, 0.25) is 0 Å². The Balaban J connectivity index is 1.51. The Bertz CT molecular complexity index is 924. The summed E-state index contributed by atoms with van der Waals surface area (Å²) in [5, 5.41) is 14.7. The minimum Gasteiger partial charge on any atom is -0.489 e. The zero-order chi connectivity index (χ0) is 19.1. The summed E-state index contributed by atoms with van der Waals surface area (Å²) in [5.41, 5.74) is 5.23. The number of benzene rings is 3. The monoisotopic (exact) mass is 365 g/mol. The molecular weight excluding hydrogens is 349 g/mol. The second-order valence-electron chi connectivity index (χ2n) is 5.66. The number of halogens is 1. The Hall–Kier alpha value is -3.74. The third-order valence-electron chi connectivity index (χ3n) is 3.68. The van der Waals surface area contributed by atoms with Gasteiger partial charge in [0.25, 0.3) is 5.69 Å². The van der Waals surface area contributed by atoms with Crippen LogP contribution in [0.5, 0.6) is 5.75 Å². The Morgan fingerprint density at radius 3 is 2.30 bits per heavy atom. The number of ether oxygens (including phenoxy) is 1. The lowest BCUT2D eigenvalue weighted by molar-refractivity contribution is -0.384. The molecule has 3 aromatic rings. The van der Waals surface area contributed by atoms with Gasteiger partial charge in [-0.1, -0.05) is 12.1 Å². The summed E-state index contributed by atoms with van der Waals surface area (Å²) in [6.45, 7) is 0.357. The lowest BCUT2D eigenvalue weighted by Crippen LogP contribution is -1.96. The van der Waals surface area contributed by atoms with Gasteiger partial charge in [0.05, 0.1) is 16.8 Å². The first-order valence-corrected chi connectivity index (χ1v) is 8.11. The van der Waals surface area contributed by atoms with Crippen molar-refractivity contribution in [1.29, 1.82) is 0 Å². The van der Waals surface area contributed by atoms with E-state index in [1.165, 1.54) is 24.3 Å². The van der Waals surface area contributed by atoms with E-state index in [1.807, 2.05) is 24.3 Å². The van der Waals surface area contributed by atoms with Crippen LogP contribution in [0.15, 0.2) is 77.9 Å². The second kappa shape index (κ2) is 8.57. The quantitative estimate of drug-likeness (QED) is 0.372. The van der Waals surface area contributed by atoms with E-state index >= 15 is 0 Å². The maximum atomic E-state index is 12.9. The van der Waals surface area contributed by atoms with Crippen molar-refractivity contribution in [3.8, 4) is 5.75 Å². The smallest absolute Gasteiger partial charge is 0.269 e. The molecule has 0 unspecified atom stereocenters. The molecule has 0 radical (unpaired) electrons. The molecule has 0 fully saturated rings. The van der Waals surface area contributed by atoms with Crippen LogP contribution in [0.1, 0.15) is 11.1 Å². The normalized spacial score (nSPS) is 10.7. The molecule has 0 heterocycles. The number of rotatable bonds is 7. The van der Waals surface area contributed by atoms with Gasteiger partial charge in [0.2, 0.25) is 0 Å². The van der Waals surface area contributed by atoms with Gasteiger partial charge in [0, 0.05) is 12.1 Å². The lowest BCUT2D eigenvalue weighted by Gasteiger charge is -2.06. The minimum absolute atomic E-state index is 0.0285. The standard InChI is InChI=1S/C20H16FN3O3/c21-17-5-1-16(2-6-17)14-27-20-11-3-15(4-12-20)13-22-23-18-7-9-19(10-8-18)24(25)26/h1-13,23H,14H2/b22-13-. The van der Waals surface area contributed by atoms with Crippen molar-refractivity contribution in [2.75, 3.05) is 5.43 Å². The summed E-state index contributed by atoms with van der Waals surface area (Å²) in [5.74, 6) is 0.421. The molecule has 6 nitrogen and oxygen atoms in total. The molecule has 27 heavy (non-hydrogen) atoms. The van der Waals surface area contributed by atoms with Gasteiger partial charge in [0.15, 0.2) is 0 Å². The van der Waals surface area contributed by atoms with Gasteiger partial charge in [-0.2, -0.15) is 5.10 Å². The van der Waals surface area contributed by atoms with Crippen molar-refractivity contribution >= 4 is 17.6 Å². The average Bonchev–Trinajstić information content (AvgIpc) is 2.69. The average molecular weight is 365 g/mol. The van der Waals surface area contributed by atoms with Crippen molar-refractivity contribution in [2.45, 2.75) is 6.61 Å². The number of nitro benzene ring substituents is 1. The molecule has 0 saturated heterocycles. The molecule has 0 aromatic heterocycles. The molecule has 3 aromatic carbocycles. The van der Waals surface area contributed by atoms with Crippen molar-refractivity contribution in [3.05, 3.63) is 99.9 Å². The summed E-state index contributed by atoms with van der Waals surface area (Å²) in [4.78, 5) is 10.2. The fraction of sp³-hybridized carbons (Fsp3) is 0.0500. The molecule has 136 valence electrons. The van der Waals surface area contributed by atoms with E-state index in [1.54, 1.807) is 30.5 Å². The van der Waals surface area contributed by atoms with E-state index in [-0.39, 0.29) is 11.5 Å². The summed E-state index contributed by atoms with van der Waals surface area (Å²) < 4.78 is 18.5. The van der Waals surface area contributed by atoms with E-state index in [0.29, 0.717) is 18.0 Å². The number of hydrogen-bond acceptors (Lipinski definition) is 5. The van der Waals surface area contributed by atoms with Gasteiger partial charge in [0.1, 0.15) is 18.2 Å². The Kier molecular flexibility index (Phi) is 5.73. The fourth-order valence-corrected chi connectivity index (χ4v) is 2.24. The molecule has 3 rings (SSSR count). The van der Waals surface area contributed by atoms with E-state index in [4.69, 9.17) is 4.74 Å². The van der Waals surface area contributed by atoms with Crippen molar-refractivity contribution in [1.82, 2.24) is 0 Å². The van der Waals surface area contributed by atoms with Crippen molar-refractivity contribution in [2.24, 2.45) is 5.10 Å². The van der Waals surface area contributed by atoms with Crippen molar-refractivity contribution in [3.63, 3.8) is 0 Å². The molecule has 0 aliphatic heterocycles. The molecule has 0 aliphatic carbocycles. The zero-order valence-corrected chi connectivity index (χ0v) is 14.2. The molecule has 0 bridgehead atoms. The highest BCUT2D eigenvalue weighted by molar-refractivity contribution is 5.80. The minimum atomic E-state index is -0.452. The molecule has 0 aliphatic rings. The number of anilines is 1. The number of hydrazone groups is 1. The zero-order valence-electron chi connectivity index (χ0n) is 14.2. The van der Waals surface area contributed by atoms with Crippen LogP contribution in [0, 0.1) is 15.9 Å². The predicted octanol–water partition coefficient (Wildman–Crippen LogP) is 4.76. The molecule has 0 amide bonds. The van der Waals surface area contributed by atoms with Crippen LogP contribution in [-0.2, 0) is 6.61 Å². The van der Waals surface area contributed by atoms with Gasteiger partial charge >= 0.3 is 0 Å². The molecule has 1 N–H and O–H groups in total. The van der Waals surface area contributed by atoms with Gasteiger partial charge in [-0.25, -0.2) is 4.39 Å². The van der Waals surface area contributed by atoms with E-state index in [9.17, 15) is 14.5 Å². The molecular formula is C20H16FN3O3. The summed E-state index contributed by atoms with van der Waals surface area (Å²) in [7, 11) is 0. The predicted molar refractivity (Wildman–Crippen MR) is 101 cm³/mol. The molecule has 0 spiro atoms.